The van der Waals surface area contributed by atoms with Gasteiger partial charge >= 0.3 is 0 Å². The molecular weight excluding hydrogens is 382 g/mol. The predicted octanol–water partition coefficient (Wildman–Crippen LogP) is 4.54. The molecular formula is C23H25N3O2S. The molecule has 2 aliphatic rings. The molecule has 2 saturated heterocycles. The lowest BCUT2D eigenvalue weighted by molar-refractivity contribution is -0.122. The first-order valence-corrected chi connectivity index (χ1v) is 10.8. The van der Waals surface area contributed by atoms with Gasteiger partial charge < -0.3 is 9.64 Å². The van der Waals surface area contributed by atoms with Gasteiger partial charge in [0.15, 0.2) is 5.17 Å². The number of carbonyl (C=O) groups excluding carboxylic acids is 1. The van der Waals surface area contributed by atoms with Gasteiger partial charge in [0, 0.05) is 25.9 Å². The molecule has 2 aromatic carbocycles. The maximum Gasteiger partial charge on any atom is 0.266 e. The van der Waals surface area contributed by atoms with Crippen molar-refractivity contribution in [2.45, 2.75) is 12.8 Å². The van der Waals surface area contributed by atoms with E-state index in [4.69, 9.17) is 4.74 Å². The minimum absolute atomic E-state index is 0.0228. The van der Waals surface area contributed by atoms with Crippen LogP contribution in [-0.4, -0.2) is 49.3 Å². The highest BCUT2D eigenvalue weighted by Crippen LogP contribution is 2.34. The molecule has 2 aliphatic heterocycles. The van der Waals surface area contributed by atoms with Crippen LogP contribution in [0, 0.1) is 0 Å². The van der Waals surface area contributed by atoms with Crippen molar-refractivity contribution in [1.29, 1.82) is 0 Å². The van der Waals surface area contributed by atoms with Gasteiger partial charge in [-0.3, -0.25) is 9.69 Å². The van der Waals surface area contributed by atoms with Gasteiger partial charge in [0.1, 0.15) is 0 Å². The molecule has 2 heterocycles. The summed E-state index contributed by atoms with van der Waals surface area (Å²) in [6.07, 6.45) is 4.48. The van der Waals surface area contributed by atoms with E-state index in [1.54, 1.807) is 12.0 Å². The summed E-state index contributed by atoms with van der Waals surface area (Å²) in [6, 6.07) is 18.2. The zero-order valence-electron chi connectivity index (χ0n) is 16.6. The smallest absolute Gasteiger partial charge is 0.266 e. The second-order valence-corrected chi connectivity index (χ2v) is 8.08. The third-order valence-electron chi connectivity index (χ3n) is 5.05. The van der Waals surface area contributed by atoms with Crippen LogP contribution in [0.25, 0.3) is 6.08 Å². The molecule has 4 rings (SSSR count). The number of methoxy groups -OCH3 is 1. The van der Waals surface area contributed by atoms with Crippen molar-refractivity contribution < 1.29 is 9.53 Å². The number of amides is 1. The zero-order valence-corrected chi connectivity index (χ0v) is 17.4. The highest BCUT2D eigenvalue weighted by molar-refractivity contribution is 8.18. The third kappa shape index (κ3) is 4.71. The Kier molecular flexibility index (Phi) is 6.32. The third-order valence-corrected chi connectivity index (χ3v) is 6.06. The van der Waals surface area contributed by atoms with Crippen LogP contribution < -0.4 is 4.90 Å². The lowest BCUT2D eigenvalue weighted by Crippen LogP contribution is -2.32. The Bertz CT molecular complexity index is 903. The largest absolute Gasteiger partial charge is 0.383 e. The van der Waals surface area contributed by atoms with Crippen LogP contribution in [0.3, 0.4) is 0 Å². The number of nitrogens with zero attached hydrogens (tertiary/aromatic N) is 3. The SMILES string of the molecule is COCCN1C(=O)/C(=C/c2ccc(N3CCCC3)cc2)SC1=Nc1ccccc1. The number of carbonyl (C=O) groups is 1. The fraction of sp³-hybridized carbons (Fsp3) is 0.304. The molecule has 0 N–H and O–H groups in total. The van der Waals surface area contributed by atoms with Crippen molar-refractivity contribution in [3.8, 4) is 0 Å². The number of amidine groups is 1. The first kappa shape index (κ1) is 19.7. The first-order valence-electron chi connectivity index (χ1n) is 9.94. The maximum atomic E-state index is 13.0. The van der Waals surface area contributed by atoms with Crippen molar-refractivity contribution in [3.05, 3.63) is 65.1 Å². The molecule has 0 aliphatic carbocycles. The van der Waals surface area contributed by atoms with Crippen molar-refractivity contribution in [2.24, 2.45) is 4.99 Å². The van der Waals surface area contributed by atoms with Gasteiger partial charge in [-0.1, -0.05) is 30.3 Å². The number of ether oxygens (including phenoxy) is 1. The van der Waals surface area contributed by atoms with Crippen molar-refractivity contribution >= 4 is 40.3 Å². The zero-order chi connectivity index (χ0) is 20.1. The van der Waals surface area contributed by atoms with Crippen LogP contribution in [0.2, 0.25) is 0 Å². The van der Waals surface area contributed by atoms with E-state index >= 15 is 0 Å². The Morgan fingerprint density at radius 3 is 2.48 bits per heavy atom. The van der Waals surface area contributed by atoms with Gasteiger partial charge in [-0.05, 0) is 60.5 Å². The summed E-state index contributed by atoms with van der Waals surface area (Å²) in [5, 5.41) is 0.693. The van der Waals surface area contributed by atoms with E-state index in [2.05, 4.69) is 34.2 Å². The van der Waals surface area contributed by atoms with E-state index in [-0.39, 0.29) is 5.91 Å². The van der Waals surface area contributed by atoms with Crippen molar-refractivity contribution in [2.75, 3.05) is 38.3 Å². The molecule has 2 fully saturated rings. The molecule has 29 heavy (non-hydrogen) atoms. The number of hydrogen-bond donors (Lipinski definition) is 0. The summed E-state index contributed by atoms with van der Waals surface area (Å²) < 4.78 is 5.18. The van der Waals surface area contributed by atoms with Crippen molar-refractivity contribution in [1.82, 2.24) is 4.90 Å². The molecule has 0 atom stereocenters. The fourth-order valence-corrected chi connectivity index (χ4v) is 4.52. The normalized spacial score (nSPS) is 19.7. The van der Waals surface area contributed by atoms with Gasteiger partial charge in [-0.25, -0.2) is 4.99 Å². The first-order chi connectivity index (χ1) is 14.2. The summed E-state index contributed by atoms with van der Waals surface area (Å²) in [4.78, 5) is 22.5. The number of rotatable bonds is 6. The van der Waals surface area contributed by atoms with E-state index in [0.717, 1.165) is 24.3 Å². The number of aliphatic imine (C=N–C) groups is 1. The molecule has 0 unspecified atom stereocenters. The van der Waals surface area contributed by atoms with Gasteiger partial charge in [-0.15, -0.1) is 0 Å². The molecule has 150 valence electrons. The minimum atomic E-state index is -0.0228. The molecule has 5 nitrogen and oxygen atoms in total. The van der Waals surface area contributed by atoms with Crippen LogP contribution in [0.4, 0.5) is 11.4 Å². The predicted molar refractivity (Wildman–Crippen MR) is 121 cm³/mol. The minimum Gasteiger partial charge on any atom is -0.383 e. The highest BCUT2D eigenvalue weighted by atomic mass is 32.2. The standard InChI is InChI=1S/C23H25N3O2S/c1-28-16-15-26-22(27)21(29-23(26)24-19-7-3-2-4-8-19)17-18-9-11-20(12-10-18)25-13-5-6-14-25/h2-4,7-12,17H,5-6,13-16H2,1H3/b21-17-,24-23?. The average molecular weight is 408 g/mol. The van der Waals surface area contributed by atoms with Gasteiger partial charge in [0.2, 0.25) is 0 Å². The highest BCUT2D eigenvalue weighted by Gasteiger charge is 2.33. The Balaban J connectivity index is 1.56. The monoisotopic (exact) mass is 407 g/mol. The van der Waals surface area contributed by atoms with Crippen LogP contribution >= 0.6 is 11.8 Å². The molecule has 0 aromatic heterocycles. The van der Waals surface area contributed by atoms with Crippen LogP contribution in [-0.2, 0) is 9.53 Å². The fourth-order valence-electron chi connectivity index (χ4n) is 3.49. The summed E-state index contributed by atoms with van der Waals surface area (Å²) >= 11 is 1.42. The van der Waals surface area contributed by atoms with Crippen LogP contribution in [0.1, 0.15) is 18.4 Å². The molecule has 2 aromatic rings. The Labute approximate surface area is 176 Å². The van der Waals surface area contributed by atoms with E-state index < -0.39 is 0 Å². The summed E-state index contributed by atoms with van der Waals surface area (Å²) in [7, 11) is 1.64. The van der Waals surface area contributed by atoms with E-state index in [1.807, 2.05) is 36.4 Å². The average Bonchev–Trinajstić information content (AvgIpc) is 3.38. The quantitative estimate of drug-likeness (QED) is 0.660. The molecule has 1 amide bonds. The molecule has 0 spiro atoms. The number of anilines is 1. The van der Waals surface area contributed by atoms with Gasteiger partial charge in [-0.2, -0.15) is 0 Å². The van der Waals surface area contributed by atoms with Gasteiger partial charge in [0.25, 0.3) is 5.91 Å². The molecule has 0 radical (unpaired) electrons. The van der Waals surface area contributed by atoms with Gasteiger partial charge in [0.05, 0.1) is 23.7 Å². The Morgan fingerprint density at radius 2 is 1.79 bits per heavy atom. The summed E-state index contributed by atoms with van der Waals surface area (Å²) in [5.74, 6) is -0.0228. The van der Waals surface area contributed by atoms with Crippen LogP contribution in [0.15, 0.2) is 64.5 Å². The summed E-state index contributed by atoms with van der Waals surface area (Å²) in [5.41, 5.74) is 3.11. The molecule has 0 saturated carbocycles. The van der Waals surface area contributed by atoms with E-state index in [0.29, 0.717) is 23.2 Å². The molecule has 6 heteroatoms. The number of thioether (sulfide) groups is 1. The topological polar surface area (TPSA) is 45.1 Å². The van der Waals surface area contributed by atoms with E-state index in [1.165, 1.54) is 30.3 Å². The van der Waals surface area contributed by atoms with Crippen molar-refractivity contribution in [3.63, 3.8) is 0 Å². The number of para-hydroxylation sites is 1. The second kappa shape index (κ2) is 9.29. The second-order valence-electron chi connectivity index (χ2n) is 7.08. The Morgan fingerprint density at radius 1 is 1.07 bits per heavy atom. The maximum absolute atomic E-state index is 13.0. The summed E-state index contributed by atoms with van der Waals surface area (Å²) in [6.45, 7) is 3.21. The lowest BCUT2D eigenvalue weighted by atomic mass is 10.2. The van der Waals surface area contributed by atoms with Crippen LogP contribution in [0.5, 0.6) is 0 Å². The Hall–Kier alpha value is -2.57. The number of hydrogen-bond acceptors (Lipinski definition) is 5. The number of benzene rings is 2. The molecule has 0 bridgehead atoms. The lowest BCUT2D eigenvalue weighted by Gasteiger charge is -2.17. The van der Waals surface area contributed by atoms with E-state index in [9.17, 15) is 4.79 Å².